The molecule has 0 radical (unpaired) electrons. The summed E-state index contributed by atoms with van der Waals surface area (Å²) < 4.78 is 27.2. The third kappa shape index (κ3) is 6.00. The van der Waals surface area contributed by atoms with Crippen molar-refractivity contribution in [3.8, 4) is 0 Å². The number of hydrogen-bond acceptors (Lipinski definition) is 8. The highest BCUT2D eigenvalue weighted by Crippen LogP contribution is 2.28. The molecule has 0 saturated heterocycles. The highest BCUT2D eigenvalue weighted by atomic mass is 32.2. The summed E-state index contributed by atoms with van der Waals surface area (Å²) in [5.74, 6) is -2.74. The number of carbonyl (C=O) groups is 2. The summed E-state index contributed by atoms with van der Waals surface area (Å²) in [7, 11) is -4.13. The zero-order chi connectivity index (χ0) is 22.3. The number of aliphatic carboxylic acids is 2. The van der Waals surface area contributed by atoms with Gasteiger partial charge in [-0.25, -0.2) is 13.2 Å². The predicted molar refractivity (Wildman–Crippen MR) is 106 cm³/mol. The van der Waals surface area contributed by atoms with E-state index in [0.717, 1.165) is 18.2 Å². The first kappa shape index (κ1) is 22.3. The molecule has 4 N–H and O–H groups in total. The topological polar surface area (TPSA) is 188 Å². The standard InChI is InChI=1S/C17H16N4O8S/c22-16(23)9-8-14(17(24)25)19-18-13-7-6-12(10-15(13)21(26)27)30(28,29)20-11-4-2-1-3-5-11/h1-7,10,18,20H,8-9H2,(H,22,23)(H,24,25)/b19-14+. The largest absolute Gasteiger partial charge is 0.481 e. The molecule has 0 spiro atoms. The molecule has 2 rings (SSSR count). The Morgan fingerprint density at radius 3 is 2.30 bits per heavy atom. The van der Waals surface area contributed by atoms with Crippen LogP contribution in [0.2, 0.25) is 0 Å². The maximum Gasteiger partial charge on any atom is 0.352 e. The number of carboxylic acids is 2. The Balaban J connectivity index is 2.32. The molecule has 0 fully saturated rings. The minimum Gasteiger partial charge on any atom is -0.481 e. The maximum atomic E-state index is 12.5. The minimum absolute atomic E-state index is 0.261. The molecular weight excluding hydrogens is 420 g/mol. The second kappa shape index (κ2) is 9.47. The van der Waals surface area contributed by atoms with Gasteiger partial charge in [0, 0.05) is 18.2 Å². The van der Waals surface area contributed by atoms with E-state index in [1.807, 2.05) is 0 Å². The van der Waals surface area contributed by atoms with Crippen LogP contribution in [-0.2, 0) is 19.6 Å². The molecule has 0 bridgehead atoms. The fraction of sp³-hybridized carbons (Fsp3) is 0.118. The quantitative estimate of drug-likeness (QED) is 0.245. The SMILES string of the molecule is O=C(O)CC/C(=N\Nc1ccc(S(=O)(=O)Nc2ccccc2)cc1[N+](=O)[O-])C(=O)O. The molecule has 0 aromatic heterocycles. The summed E-state index contributed by atoms with van der Waals surface area (Å²) >= 11 is 0. The van der Waals surface area contributed by atoms with E-state index in [2.05, 4.69) is 15.2 Å². The number of anilines is 2. The van der Waals surface area contributed by atoms with Crippen LogP contribution in [0.15, 0.2) is 58.5 Å². The van der Waals surface area contributed by atoms with Crippen LogP contribution in [0, 0.1) is 10.1 Å². The van der Waals surface area contributed by atoms with Crippen LogP contribution < -0.4 is 10.1 Å². The zero-order valence-corrected chi connectivity index (χ0v) is 16.0. The monoisotopic (exact) mass is 436 g/mol. The van der Waals surface area contributed by atoms with Crippen molar-refractivity contribution < 1.29 is 33.1 Å². The highest BCUT2D eigenvalue weighted by Gasteiger charge is 2.22. The predicted octanol–water partition coefficient (Wildman–Crippen LogP) is 2.11. The lowest BCUT2D eigenvalue weighted by atomic mass is 10.2. The van der Waals surface area contributed by atoms with E-state index < -0.39 is 56.0 Å². The van der Waals surface area contributed by atoms with Crippen molar-refractivity contribution in [3.05, 3.63) is 58.6 Å². The van der Waals surface area contributed by atoms with E-state index in [9.17, 15) is 28.1 Å². The van der Waals surface area contributed by atoms with E-state index in [1.165, 1.54) is 12.1 Å². The number of nitrogens with one attached hydrogen (secondary N) is 2. The van der Waals surface area contributed by atoms with Gasteiger partial charge >= 0.3 is 11.9 Å². The number of nitrogens with zero attached hydrogens (tertiary/aromatic N) is 2. The van der Waals surface area contributed by atoms with Crippen molar-refractivity contribution in [1.82, 2.24) is 0 Å². The molecular formula is C17H16N4O8S. The average molecular weight is 436 g/mol. The van der Waals surface area contributed by atoms with Gasteiger partial charge < -0.3 is 10.2 Å². The summed E-state index contributed by atoms with van der Waals surface area (Å²) in [5.41, 5.74) is 0.946. The van der Waals surface area contributed by atoms with Crippen LogP contribution in [0.5, 0.6) is 0 Å². The summed E-state index contributed by atoms with van der Waals surface area (Å²) in [5, 5.41) is 32.5. The third-order valence-corrected chi connectivity index (χ3v) is 5.02. The molecule has 0 aliphatic carbocycles. The molecule has 0 aliphatic heterocycles. The third-order valence-electron chi connectivity index (χ3n) is 3.64. The summed E-state index contributed by atoms with van der Waals surface area (Å²) in [4.78, 5) is 31.8. The van der Waals surface area contributed by atoms with Gasteiger partial charge in [-0.05, 0) is 24.3 Å². The lowest BCUT2D eigenvalue weighted by Crippen LogP contribution is -2.17. The van der Waals surface area contributed by atoms with Crippen LogP contribution in [0.4, 0.5) is 17.1 Å². The van der Waals surface area contributed by atoms with Crippen LogP contribution in [-0.4, -0.2) is 41.2 Å². The molecule has 0 heterocycles. The second-order valence-corrected chi connectivity index (χ2v) is 7.46. The first-order valence-corrected chi connectivity index (χ1v) is 9.72. The van der Waals surface area contributed by atoms with Gasteiger partial charge in [-0.2, -0.15) is 5.10 Å². The first-order valence-electron chi connectivity index (χ1n) is 8.24. The Morgan fingerprint density at radius 1 is 1.07 bits per heavy atom. The first-order chi connectivity index (χ1) is 14.1. The fourth-order valence-corrected chi connectivity index (χ4v) is 3.29. The Labute approximate surface area is 170 Å². The van der Waals surface area contributed by atoms with E-state index in [4.69, 9.17) is 10.2 Å². The number of benzene rings is 2. The van der Waals surface area contributed by atoms with E-state index in [0.29, 0.717) is 0 Å². The van der Waals surface area contributed by atoms with Crippen molar-refractivity contribution in [2.45, 2.75) is 17.7 Å². The molecule has 30 heavy (non-hydrogen) atoms. The molecule has 0 unspecified atom stereocenters. The second-order valence-electron chi connectivity index (χ2n) is 5.78. The van der Waals surface area contributed by atoms with Gasteiger partial charge in [-0.15, -0.1) is 0 Å². The molecule has 0 amide bonds. The van der Waals surface area contributed by atoms with E-state index >= 15 is 0 Å². The number of para-hydroxylation sites is 1. The van der Waals surface area contributed by atoms with Gasteiger partial charge in [-0.3, -0.25) is 25.1 Å². The summed E-state index contributed by atoms with van der Waals surface area (Å²) in [6.45, 7) is 0. The minimum atomic E-state index is -4.13. The van der Waals surface area contributed by atoms with Crippen LogP contribution >= 0.6 is 0 Å². The number of rotatable bonds is 10. The molecule has 2 aromatic rings. The normalized spacial score (nSPS) is 11.5. The summed E-state index contributed by atoms with van der Waals surface area (Å²) in [6.07, 6.45) is -0.920. The average Bonchev–Trinajstić information content (AvgIpc) is 2.67. The van der Waals surface area contributed by atoms with Gasteiger partial charge in [0.15, 0.2) is 0 Å². The molecule has 0 atom stereocenters. The van der Waals surface area contributed by atoms with E-state index in [-0.39, 0.29) is 11.4 Å². The van der Waals surface area contributed by atoms with Crippen molar-refractivity contribution >= 4 is 44.7 Å². The smallest absolute Gasteiger partial charge is 0.352 e. The highest BCUT2D eigenvalue weighted by molar-refractivity contribution is 7.92. The summed E-state index contributed by atoms with van der Waals surface area (Å²) in [6, 6.07) is 10.8. The van der Waals surface area contributed by atoms with Gasteiger partial charge in [0.05, 0.1) is 16.2 Å². The molecule has 0 saturated carbocycles. The molecule has 0 aliphatic rings. The van der Waals surface area contributed by atoms with Gasteiger partial charge in [0.1, 0.15) is 11.4 Å². The van der Waals surface area contributed by atoms with Crippen molar-refractivity contribution in [3.63, 3.8) is 0 Å². The van der Waals surface area contributed by atoms with Gasteiger partial charge in [0.2, 0.25) is 0 Å². The van der Waals surface area contributed by atoms with Crippen molar-refractivity contribution in [2.24, 2.45) is 5.10 Å². The lowest BCUT2D eigenvalue weighted by Gasteiger charge is -2.09. The molecule has 12 nitrogen and oxygen atoms in total. The maximum absolute atomic E-state index is 12.5. The number of nitro benzene ring substituents is 1. The molecule has 2 aromatic carbocycles. The molecule has 13 heteroatoms. The van der Waals surface area contributed by atoms with Crippen molar-refractivity contribution in [1.29, 1.82) is 0 Å². The number of hydrogen-bond donors (Lipinski definition) is 4. The Bertz CT molecular complexity index is 1100. The van der Waals surface area contributed by atoms with Crippen LogP contribution in [0.25, 0.3) is 0 Å². The Morgan fingerprint density at radius 2 is 1.73 bits per heavy atom. The van der Waals surface area contributed by atoms with Crippen LogP contribution in [0.3, 0.4) is 0 Å². The van der Waals surface area contributed by atoms with Gasteiger partial charge in [-0.1, -0.05) is 18.2 Å². The number of carboxylic acid groups (broad SMARTS) is 2. The fourth-order valence-electron chi connectivity index (χ4n) is 2.21. The molecule has 158 valence electrons. The number of hydrazone groups is 1. The number of nitro groups is 1. The lowest BCUT2D eigenvalue weighted by molar-refractivity contribution is -0.384. The van der Waals surface area contributed by atoms with Gasteiger partial charge in [0.25, 0.3) is 15.7 Å². The van der Waals surface area contributed by atoms with E-state index in [1.54, 1.807) is 18.2 Å². The number of sulfonamides is 1. The Kier molecular flexibility index (Phi) is 7.03. The Hall–Kier alpha value is -4.00. The van der Waals surface area contributed by atoms with Crippen molar-refractivity contribution in [2.75, 3.05) is 10.1 Å². The van der Waals surface area contributed by atoms with Crippen LogP contribution in [0.1, 0.15) is 12.8 Å². The zero-order valence-electron chi connectivity index (χ0n) is 15.2.